The Hall–Kier alpha value is -3.71. The summed E-state index contributed by atoms with van der Waals surface area (Å²) < 4.78 is 11.2. The van der Waals surface area contributed by atoms with Crippen LogP contribution in [0.5, 0.6) is 11.5 Å². The Morgan fingerprint density at radius 3 is 2.61 bits per heavy atom. The molecule has 1 aromatic heterocycles. The van der Waals surface area contributed by atoms with Crippen LogP contribution in [0.15, 0.2) is 76.7 Å². The lowest BCUT2D eigenvalue weighted by Gasteiger charge is -2.12. The lowest BCUT2D eigenvalue weighted by molar-refractivity contribution is -0.114. The van der Waals surface area contributed by atoms with Gasteiger partial charge in [0.05, 0.1) is 23.6 Å². The molecule has 7 heteroatoms. The standard InChI is InChI=1S/C24H20N2O4S/c1-3-29-21-15-17(11-12-20(21)30-24(28)22-10-7-13-31-22)14-19-16(2)25-26(23(19)27)18-8-5-4-6-9-18/h4-15H,3H2,1-2H3/b19-14-. The lowest BCUT2D eigenvalue weighted by atomic mass is 10.1. The van der Waals surface area contributed by atoms with Crippen molar-refractivity contribution in [2.75, 3.05) is 11.6 Å². The molecule has 2 heterocycles. The summed E-state index contributed by atoms with van der Waals surface area (Å²) in [5.74, 6) is 0.127. The zero-order chi connectivity index (χ0) is 21.8. The monoisotopic (exact) mass is 432 g/mol. The Kier molecular flexibility index (Phi) is 5.95. The van der Waals surface area contributed by atoms with Crippen molar-refractivity contribution in [2.24, 2.45) is 5.10 Å². The number of thiophene rings is 1. The van der Waals surface area contributed by atoms with Crippen LogP contribution in [0.1, 0.15) is 29.1 Å². The summed E-state index contributed by atoms with van der Waals surface area (Å²) in [6, 6.07) is 18.0. The number of hydrogen-bond donors (Lipinski definition) is 0. The molecule has 1 aliphatic rings. The molecule has 0 N–H and O–H groups in total. The van der Waals surface area contributed by atoms with Crippen molar-refractivity contribution >= 4 is 40.7 Å². The summed E-state index contributed by atoms with van der Waals surface area (Å²) in [5.41, 5.74) is 2.57. The predicted octanol–water partition coefficient (Wildman–Crippen LogP) is 5.17. The van der Waals surface area contributed by atoms with Gasteiger partial charge in [-0.1, -0.05) is 30.3 Å². The SMILES string of the molecule is CCOc1cc(/C=C2\C(=O)N(c3ccccc3)N=C2C)ccc1OC(=O)c1cccs1. The molecule has 156 valence electrons. The Balaban J connectivity index is 1.60. The number of carbonyl (C=O) groups is 2. The average Bonchev–Trinajstić information content (AvgIpc) is 3.41. The van der Waals surface area contributed by atoms with Crippen molar-refractivity contribution in [3.05, 3.63) is 82.1 Å². The van der Waals surface area contributed by atoms with Gasteiger partial charge in [0.2, 0.25) is 0 Å². The molecule has 0 bridgehead atoms. The van der Waals surface area contributed by atoms with Crippen LogP contribution in [0.3, 0.4) is 0 Å². The molecule has 3 aromatic rings. The van der Waals surface area contributed by atoms with Crippen molar-refractivity contribution in [3.8, 4) is 11.5 Å². The molecule has 1 aliphatic heterocycles. The van der Waals surface area contributed by atoms with E-state index in [-0.39, 0.29) is 5.91 Å². The fraction of sp³-hybridized carbons (Fsp3) is 0.125. The van der Waals surface area contributed by atoms with Crippen molar-refractivity contribution < 1.29 is 19.1 Å². The highest BCUT2D eigenvalue weighted by Gasteiger charge is 2.28. The highest BCUT2D eigenvalue weighted by atomic mass is 32.1. The van der Waals surface area contributed by atoms with Gasteiger partial charge in [-0.25, -0.2) is 4.79 Å². The summed E-state index contributed by atoms with van der Waals surface area (Å²) in [6.45, 7) is 4.06. The number of rotatable bonds is 6. The van der Waals surface area contributed by atoms with Crippen LogP contribution >= 0.6 is 11.3 Å². The summed E-state index contributed by atoms with van der Waals surface area (Å²) in [7, 11) is 0. The lowest BCUT2D eigenvalue weighted by Crippen LogP contribution is -2.21. The van der Waals surface area contributed by atoms with Crippen LogP contribution in [0.2, 0.25) is 0 Å². The zero-order valence-electron chi connectivity index (χ0n) is 17.1. The van der Waals surface area contributed by atoms with Gasteiger partial charge >= 0.3 is 5.97 Å². The predicted molar refractivity (Wildman–Crippen MR) is 122 cm³/mol. The van der Waals surface area contributed by atoms with Crippen molar-refractivity contribution in [2.45, 2.75) is 13.8 Å². The quantitative estimate of drug-likeness (QED) is 0.306. The van der Waals surface area contributed by atoms with E-state index in [1.54, 1.807) is 43.3 Å². The van der Waals surface area contributed by atoms with Gasteiger partial charge in [0.15, 0.2) is 11.5 Å². The first-order valence-electron chi connectivity index (χ1n) is 9.76. The van der Waals surface area contributed by atoms with E-state index in [1.165, 1.54) is 16.3 Å². The molecule has 4 rings (SSSR count). The summed E-state index contributed by atoms with van der Waals surface area (Å²) in [5, 5.41) is 7.60. The molecule has 0 saturated carbocycles. The smallest absolute Gasteiger partial charge is 0.353 e. The van der Waals surface area contributed by atoms with E-state index in [4.69, 9.17) is 9.47 Å². The van der Waals surface area contributed by atoms with E-state index in [9.17, 15) is 9.59 Å². The molecule has 31 heavy (non-hydrogen) atoms. The third-order valence-corrected chi connectivity index (χ3v) is 5.42. The Labute approximate surface area is 184 Å². The Bertz CT molecular complexity index is 1170. The second kappa shape index (κ2) is 8.97. The summed E-state index contributed by atoms with van der Waals surface area (Å²) >= 11 is 1.31. The van der Waals surface area contributed by atoms with E-state index >= 15 is 0 Å². The number of carbonyl (C=O) groups excluding carboxylic acids is 2. The molecule has 0 unspecified atom stereocenters. The number of amides is 1. The number of ether oxygens (including phenoxy) is 2. The fourth-order valence-electron chi connectivity index (χ4n) is 3.11. The van der Waals surface area contributed by atoms with Gasteiger partial charge in [-0.2, -0.15) is 10.1 Å². The van der Waals surface area contributed by atoms with Crippen molar-refractivity contribution in [1.29, 1.82) is 0 Å². The molecule has 6 nitrogen and oxygen atoms in total. The highest BCUT2D eigenvalue weighted by molar-refractivity contribution is 7.12. The third-order valence-electron chi connectivity index (χ3n) is 4.57. The van der Waals surface area contributed by atoms with Gasteiger partial charge in [0, 0.05) is 0 Å². The summed E-state index contributed by atoms with van der Waals surface area (Å²) in [4.78, 5) is 25.7. The first kappa shape index (κ1) is 20.6. The topological polar surface area (TPSA) is 68.2 Å². The molecule has 0 spiro atoms. The van der Waals surface area contributed by atoms with E-state index in [0.717, 1.165) is 5.56 Å². The normalized spacial score (nSPS) is 14.6. The highest BCUT2D eigenvalue weighted by Crippen LogP contribution is 2.32. The zero-order valence-corrected chi connectivity index (χ0v) is 17.9. The fourth-order valence-corrected chi connectivity index (χ4v) is 3.71. The van der Waals surface area contributed by atoms with Crippen LogP contribution in [0.25, 0.3) is 6.08 Å². The van der Waals surface area contributed by atoms with Crippen LogP contribution in [0, 0.1) is 0 Å². The number of benzene rings is 2. The Morgan fingerprint density at radius 2 is 1.90 bits per heavy atom. The van der Waals surface area contributed by atoms with E-state index in [1.807, 2.05) is 42.6 Å². The molecular weight excluding hydrogens is 412 g/mol. The van der Waals surface area contributed by atoms with Gasteiger partial charge in [0.1, 0.15) is 4.88 Å². The first-order chi connectivity index (χ1) is 15.1. The molecular formula is C24H20N2O4S. The van der Waals surface area contributed by atoms with Crippen LogP contribution < -0.4 is 14.5 Å². The maximum atomic E-state index is 12.9. The second-order valence-corrected chi connectivity index (χ2v) is 7.65. The third kappa shape index (κ3) is 4.41. The molecule has 2 aromatic carbocycles. The largest absolute Gasteiger partial charge is 0.490 e. The van der Waals surface area contributed by atoms with Gasteiger partial charge < -0.3 is 9.47 Å². The van der Waals surface area contributed by atoms with Gasteiger partial charge in [0.25, 0.3) is 5.91 Å². The molecule has 1 amide bonds. The maximum absolute atomic E-state index is 12.9. The van der Waals surface area contributed by atoms with Gasteiger partial charge in [-0.15, -0.1) is 11.3 Å². The number of para-hydroxylation sites is 1. The van der Waals surface area contributed by atoms with Crippen LogP contribution in [-0.2, 0) is 4.79 Å². The molecule has 0 fully saturated rings. The number of anilines is 1. The number of hydrogen-bond acceptors (Lipinski definition) is 6. The average molecular weight is 433 g/mol. The Morgan fingerprint density at radius 1 is 1.10 bits per heavy atom. The number of hydrazone groups is 1. The van der Waals surface area contributed by atoms with Crippen LogP contribution in [0.4, 0.5) is 5.69 Å². The molecule has 0 radical (unpaired) electrons. The minimum absolute atomic E-state index is 0.199. The maximum Gasteiger partial charge on any atom is 0.353 e. The molecule has 0 atom stereocenters. The van der Waals surface area contributed by atoms with Crippen molar-refractivity contribution in [3.63, 3.8) is 0 Å². The summed E-state index contributed by atoms with van der Waals surface area (Å²) in [6.07, 6.45) is 1.76. The number of esters is 1. The number of nitrogens with zero attached hydrogens (tertiary/aromatic N) is 2. The van der Waals surface area contributed by atoms with E-state index < -0.39 is 5.97 Å². The van der Waals surface area contributed by atoms with Crippen LogP contribution in [-0.4, -0.2) is 24.2 Å². The van der Waals surface area contributed by atoms with Crippen molar-refractivity contribution in [1.82, 2.24) is 0 Å². The van der Waals surface area contributed by atoms with E-state index in [2.05, 4.69) is 5.10 Å². The minimum atomic E-state index is -0.436. The van der Waals surface area contributed by atoms with Gasteiger partial charge in [-0.3, -0.25) is 4.79 Å². The first-order valence-corrected chi connectivity index (χ1v) is 10.6. The molecule has 0 aliphatic carbocycles. The second-order valence-electron chi connectivity index (χ2n) is 6.70. The van der Waals surface area contributed by atoms with Gasteiger partial charge in [-0.05, 0) is 61.2 Å². The van der Waals surface area contributed by atoms with E-state index in [0.29, 0.717) is 40.0 Å². The minimum Gasteiger partial charge on any atom is -0.490 e. The molecule has 0 saturated heterocycles.